The van der Waals surface area contributed by atoms with E-state index >= 15 is 0 Å². The Morgan fingerprint density at radius 3 is 1.78 bits per heavy atom. The van der Waals surface area contributed by atoms with Crippen LogP contribution in [0.25, 0.3) is 0 Å². The zero-order valence-corrected chi connectivity index (χ0v) is 29.3. The minimum atomic E-state index is -1.37. The minimum Gasteiger partial charge on any atom is -0.324 e. The van der Waals surface area contributed by atoms with Gasteiger partial charge in [-0.25, -0.2) is 0 Å². The number of benzene rings is 5. The van der Waals surface area contributed by atoms with Crippen LogP contribution in [0.2, 0.25) is 0 Å². The molecular formula is C42H33Cl2N3O4. The predicted octanol–water partition coefficient (Wildman–Crippen LogP) is 7.70. The summed E-state index contributed by atoms with van der Waals surface area (Å²) >= 11 is 15.3. The molecule has 3 atom stereocenters. The summed E-state index contributed by atoms with van der Waals surface area (Å²) < 4.78 is 0. The number of anilines is 2. The molecule has 2 bridgehead atoms. The fraction of sp³-hybridized carbons (Fsp3) is 0.190. The molecule has 5 aromatic carbocycles. The van der Waals surface area contributed by atoms with Crippen LogP contribution in [-0.4, -0.2) is 34.6 Å². The number of likely N-dealkylation sites (tertiary alicyclic amines) is 1. The number of hydrogen-bond donors (Lipinski definition) is 2. The number of carbonyl (C=O) groups excluding carboxylic acids is 4. The van der Waals surface area contributed by atoms with E-state index < -0.39 is 45.3 Å². The van der Waals surface area contributed by atoms with Crippen LogP contribution in [0.1, 0.15) is 49.3 Å². The third-order valence-corrected chi connectivity index (χ3v) is 11.8. The summed E-state index contributed by atoms with van der Waals surface area (Å²) in [5.74, 6) is -4.11. The van der Waals surface area contributed by atoms with Gasteiger partial charge < -0.3 is 10.6 Å². The average molecular weight is 715 g/mol. The first-order chi connectivity index (χ1) is 24.5. The molecule has 0 saturated carbocycles. The number of rotatable bonds is 7. The fourth-order valence-electron chi connectivity index (χ4n) is 8.25. The van der Waals surface area contributed by atoms with Gasteiger partial charge in [0.2, 0.25) is 17.7 Å². The minimum absolute atomic E-state index is 0.0565. The first-order valence-corrected chi connectivity index (χ1v) is 17.6. The second-order valence-corrected chi connectivity index (χ2v) is 14.8. The SMILES string of the molecule is Cc1ccc(NC(=O)c2cccc(NC(=O)[C@H](Cc3ccccc3)N3C(=O)[C@@H]4[C@H](C3=O)C3(Cl)c5ccccc5C4(Cl)c4ccccc43)c2)c(C)c1. The topological polar surface area (TPSA) is 95.6 Å². The lowest BCUT2D eigenvalue weighted by molar-refractivity contribution is -0.146. The van der Waals surface area contributed by atoms with Crippen molar-refractivity contribution in [2.24, 2.45) is 11.8 Å². The molecule has 1 aliphatic heterocycles. The molecule has 5 aromatic rings. The summed E-state index contributed by atoms with van der Waals surface area (Å²) in [6, 6.07) is 35.1. The van der Waals surface area contributed by atoms with E-state index in [-0.39, 0.29) is 12.3 Å². The van der Waals surface area contributed by atoms with Crippen molar-refractivity contribution in [2.45, 2.75) is 36.1 Å². The van der Waals surface area contributed by atoms with Gasteiger partial charge in [-0.15, -0.1) is 23.2 Å². The first kappa shape index (κ1) is 32.9. The highest BCUT2D eigenvalue weighted by molar-refractivity contribution is 6.36. The van der Waals surface area contributed by atoms with Gasteiger partial charge in [-0.1, -0.05) is 103 Å². The Morgan fingerprint density at radius 2 is 1.24 bits per heavy atom. The Bertz CT molecular complexity index is 2150. The maximum absolute atomic E-state index is 14.8. The van der Waals surface area contributed by atoms with Gasteiger partial charge in [-0.3, -0.25) is 24.1 Å². The van der Waals surface area contributed by atoms with Crippen LogP contribution < -0.4 is 10.6 Å². The Labute approximate surface area is 305 Å². The molecule has 0 unspecified atom stereocenters. The highest BCUT2D eigenvalue weighted by Crippen LogP contribution is 2.69. The monoisotopic (exact) mass is 713 g/mol. The summed E-state index contributed by atoms with van der Waals surface area (Å²) in [5, 5.41) is 5.84. The Morgan fingerprint density at radius 1 is 0.686 bits per heavy atom. The van der Waals surface area contributed by atoms with E-state index in [1.807, 2.05) is 111 Å². The first-order valence-electron chi connectivity index (χ1n) is 16.8. The molecule has 9 heteroatoms. The van der Waals surface area contributed by atoms with E-state index in [9.17, 15) is 19.2 Å². The van der Waals surface area contributed by atoms with E-state index in [2.05, 4.69) is 10.6 Å². The van der Waals surface area contributed by atoms with Gasteiger partial charge in [0.25, 0.3) is 5.91 Å². The molecule has 1 fully saturated rings. The van der Waals surface area contributed by atoms with Crippen molar-refractivity contribution >= 4 is 58.2 Å². The number of amides is 4. The van der Waals surface area contributed by atoms with Crippen LogP contribution >= 0.6 is 23.2 Å². The van der Waals surface area contributed by atoms with Crippen LogP contribution in [0.15, 0.2) is 121 Å². The number of alkyl halides is 2. The zero-order chi connectivity index (χ0) is 35.7. The Balaban J connectivity index is 1.15. The smallest absolute Gasteiger partial charge is 0.255 e. The van der Waals surface area contributed by atoms with Gasteiger partial charge >= 0.3 is 0 Å². The third-order valence-electron chi connectivity index (χ3n) is 10.5. The molecule has 9 rings (SSSR count). The molecule has 0 radical (unpaired) electrons. The second-order valence-electron chi connectivity index (χ2n) is 13.6. The molecule has 51 heavy (non-hydrogen) atoms. The van der Waals surface area contributed by atoms with Crippen LogP contribution in [0.5, 0.6) is 0 Å². The van der Waals surface area contributed by atoms with Crippen molar-refractivity contribution in [1.82, 2.24) is 4.90 Å². The molecule has 4 aliphatic rings. The molecule has 3 aliphatic carbocycles. The zero-order valence-electron chi connectivity index (χ0n) is 27.8. The van der Waals surface area contributed by atoms with Gasteiger partial charge in [0.05, 0.1) is 11.8 Å². The predicted molar refractivity (Wildman–Crippen MR) is 198 cm³/mol. The van der Waals surface area contributed by atoms with Gasteiger partial charge in [0.1, 0.15) is 15.8 Å². The molecule has 0 spiro atoms. The average Bonchev–Trinajstić information content (AvgIpc) is 3.41. The molecule has 2 N–H and O–H groups in total. The second kappa shape index (κ2) is 12.2. The summed E-state index contributed by atoms with van der Waals surface area (Å²) in [4.78, 5) is 55.6. The van der Waals surface area contributed by atoms with E-state index in [0.29, 0.717) is 39.2 Å². The van der Waals surface area contributed by atoms with Crippen molar-refractivity contribution in [3.05, 3.63) is 166 Å². The van der Waals surface area contributed by atoms with Crippen molar-refractivity contribution in [2.75, 3.05) is 10.6 Å². The molecule has 1 saturated heterocycles. The molecule has 1 heterocycles. The van der Waals surface area contributed by atoms with Crippen LogP contribution in [0.3, 0.4) is 0 Å². The molecule has 0 aromatic heterocycles. The maximum atomic E-state index is 14.8. The number of hydrogen-bond acceptors (Lipinski definition) is 4. The van der Waals surface area contributed by atoms with E-state index in [1.54, 1.807) is 24.3 Å². The fourth-order valence-corrected chi connectivity index (χ4v) is 9.34. The van der Waals surface area contributed by atoms with Gasteiger partial charge in [0, 0.05) is 23.4 Å². The van der Waals surface area contributed by atoms with Crippen molar-refractivity contribution in [3.8, 4) is 0 Å². The highest BCUT2D eigenvalue weighted by Gasteiger charge is 2.73. The summed E-state index contributed by atoms with van der Waals surface area (Å²) in [6.07, 6.45) is 0.0565. The standard InChI is InChI=1S/C42H33Cl2N3O4/c1-24-19-20-33(25(2)21-24)46-37(48)27-13-10-14-28(23-27)45-38(49)34(22-26-11-4-3-5-12-26)47-39(50)35-36(40(47)51)42(44)30-16-7-6-15-29(30)41(35,43)31-17-8-9-18-32(31)42/h3-21,23,34-36H,22H2,1-2H3,(H,45,49)(H,46,48)/t34-,35-,36+,41?,42?/m0/s1. The van der Waals surface area contributed by atoms with Crippen molar-refractivity contribution in [1.29, 1.82) is 0 Å². The van der Waals surface area contributed by atoms with Crippen molar-refractivity contribution in [3.63, 3.8) is 0 Å². The van der Waals surface area contributed by atoms with Crippen LogP contribution in [-0.2, 0) is 30.6 Å². The van der Waals surface area contributed by atoms with E-state index in [0.717, 1.165) is 21.6 Å². The number of nitrogens with one attached hydrogen (secondary N) is 2. The maximum Gasteiger partial charge on any atom is 0.255 e. The summed E-state index contributed by atoms with van der Waals surface area (Å²) in [5.41, 5.74) is 6.85. The number of halogens is 2. The van der Waals surface area contributed by atoms with E-state index in [1.165, 1.54) is 0 Å². The summed E-state index contributed by atoms with van der Waals surface area (Å²) in [6.45, 7) is 3.90. The number of carbonyl (C=O) groups is 4. The lowest BCUT2D eigenvalue weighted by atomic mass is 9.54. The lowest BCUT2D eigenvalue weighted by Crippen LogP contribution is -2.57. The third kappa shape index (κ3) is 5.01. The molecular weight excluding hydrogens is 681 g/mol. The quantitative estimate of drug-likeness (QED) is 0.134. The number of aryl methyl sites for hydroxylation is 2. The largest absolute Gasteiger partial charge is 0.324 e. The Kier molecular flexibility index (Phi) is 7.89. The van der Waals surface area contributed by atoms with Gasteiger partial charge in [-0.05, 0) is 71.5 Å². The van der Waals surface area contributed by atoms with Crippen molar-refractivity contribution < 1.29 is 19.2 Å². The van der Waals surface area contributed by atoms with Gasteiger partial charge in [-0.2, -0.15) is 0 Å². The van der Waals surface area contributed by atoms with Crippen LogP contribution in [0.4, 0.5) is 11.4 Å². The van der Waals surface area contributed by atoms with E-state index in [4.69, 9.17) is 23.2 Å². The number of imide groups is 1. The molecule has 7 nitrogen and oxygen atoms in total. The summed E-state index contributed by atoms with van der Waals surface area (Å²) in [7, 11) is 0. The highest BCUT2D eigenvalue weighted by atomic mass is 35.5. The lowest BCUT2D eigenvalue weighted by Gasteiger charge is -2.54. The normalized spacial score (nSPS) is 23.3. The Hall–Kier alpha value is -5.24. The molecule has 254 valence electrons. The molecule has 4 amide bonds. The van der Waals surface area contributed by atoms with Gasteiger partial charge in [0.15, 0.2) is 0 Å². The number of nitrogens with zero attached hydrogens (tertiary/aromatic N) is 1. The van der Waals surface area contributed by atoms with Crippen LogP contribution in [0, 0.1) is 25.7 Å².